The molecule has 222 valence electrons. The number of esters is 2. The summed E-state index contributed by atoms with van der Waals surface area (Å²) >= 11 is 1.20. The molecule has 10 nitrogen and oxygen atoms in total. The lowest BCUT2D eigenvalue weighted by Gasteiger charge is -2.25. The Kier molecular flexibility index (Phi) is 8.63. The van der Waals surface area contributed by atoms with Crippen molar-refractivity contribution in [2.24, 2.45) is 4.99 Å². The van der Waals surface area contributed by atoms with Crippen molar-refractivity contribution in [3.8, 4) is 22.8 Å². The van der Waals surface area contributed by atoms with Crippen LogP contribution in [-0.2, 0) is 14.3 Å². The van der Waals surface area contributed by atoms with E-state index in [-0.39, 0.29) is 17.7 Å². The Labute approximate surface area is 251 Å². The maximum Gasteiger partial charge on any atom is 0.338 e. The Morgan fingerprint density at radius 2 is 1.77 bits per heavy atom. The van der Waals surface area contributed by atoms with Crippen LogP contribution in [0, 0.1) is 0 Å². The number of hydrogen-bond donors (Lipinski definition) is 0. The first-order valence-corrected chi connectivity index (χ1v) is 14.4. The quantitative estimate of drug-likeness (QED) is 0.261. The lowest BCUT2D eigenvalue weighted by Crippen LogP contribution is -2.39. The zero-order chi connectivity index (χ0) is 30.7. The lowest BCUT2D eigenvalue weighted by atomic mass is 9.95. The second-order valence-electron chi connectivity index (χ2n) is 9.42. The van der Waals surface area contributed by atoms with Gasteiger partial charge in [0.25, 0.3) is 5.56 Å². The van der Waals surface area contributed by atoms with E-state index in [4.69, 9.17) is 23.4 Å². The van der Waals surface area contributed by atoms with Crippen molar-refractivity contribution in [3.63, 3.8) is 0 Å². The maximum absolute atomic E-state index is 13.9. The smallest absolute Gasteiger partial charge is 0.338 e. The van der Waals surface area contributed by atoms with Crippen LogP contribution in [0.3, 0.4) is 0 Å². The second-order valence-corrected chi connectivity index (χ2v) is 10.4. The third-order valence-corrected chi connectivity index (χ3v) is 7.79. The monoisotopic (exact) mass is 602 g/mol. The third-order valence-electron chi connectivity index (χ3n) is 6.81. The van der Waals surface area contributed by atoms with Crippen molar-refractivity contribution in [2.75, 3.05) is 27.4 Å². The molecular weight excluding hydrogens is 572 g/mol. The number of carbonyl (C=O) groups is 2. The average molecular weight is 603 g/mol. The highest BCUT2D eigenvalue weighted by atomic mass is 32.1. The predicted octanol–water partition coefficient (Wildman–Crippen LogP) is 4.25. The summed E-state index contributed by atoms with van der Waals surface area (Å²) in [6.45, 7) is 5.90. The van der Waals surface area contributed by atoms with E-state index in [1.54, 1.807) is 81.6 Å². The number of allylic oxidation sites excluding steroid dienone is 1. The van der Waals surface area contributed by atoms with Gasteiger partial charge in [0.2, 0.25) is 0 Å². The minimum Gasteiger partial charge on any atom is -0.493 e. The van der Waals surface area contributed by atoms with Crippen molar-refractivity contribution >= 4 is 29.4 Å². The van der Waals surface area contributed by atoms with Crippen molar-refractivity contribution in [1.82, 2.24) is 4.57 Å². The lowest BCUT2D eigenvalue weighted by molar-refractivity contribution is -0.139. The normalized spacial score (nSPS) is 14.6. The van der Waals surface area contributed by atoms with E-state index in [1.807, 2.05) is 6.92 Å². The van der Waals surface area contributed by atoms with Gasteiger partial charge in [0.1, 0.15) is 11.5 Å². The summed E-state index contributed by atoms with van der Waals surface area (Å²) in [5.74, 6) is 1.07. The molecule has 1 aliphatic heterocycles. The molecule has 43 heavy (non-hydrogen) atoms. The number of aromatic nitrogens is 1. The van der Waals surface area contributed by atoms with Crippen LogP contribution in [0.15, 0.2) is 80.1 Å². The van der Waals surface area contributed by atoms with Crippen LogP contribution >= 0.6 is 11.3 Å². The van der Waals surface area contributed by atoms with Crippen LogP contribution in [0.25, 0.3) is 17.4 Å². The van der Waals surface area contributed by atoms with Gasteiger partial charge in [-0.15, -0.1) is 0 Å². The number of furan rings is 1. The fraction of sp³-hybridized carbons (Fsp3) is 0.250. The molecule has 2 aromatic heterocycles. The maximum atomic E-state index is 13.9. The molecule has 0 saturated heterocycles. The Bertz CT molecular complexity index is 1900. The van der Waals surface area contributed by atoms with E-state index in [9.17, 15) is 14.4 Å². The largest absolute Gasteiger partial charge is 0.493 e. The first kappa shape index (κ1) is 29.6. The van der Waals surface area contributed by atoms with Crippen LogP contribution in [0.2, 0.25) is 0 Å². The topological polar surface area (TPSA) is 119 Å². The zero-order valence-corrected chi connectivity index (χ0v) is 25.2. The van der Waals surface area contributed by atoms with Gasteiger partial charge in [-0.25, -0.2) is 14.6 Å². The van der Waals surface area contributed by atoms with Crippen molar-refractivity contribution in [2.45, 2.75) is 26.8 Å². The Morgan fingerprint density at radius 1 is 1.00 bits per heavy atom. The van der Waals surface area contributed by atoms with E-state index in [0.717, 1.165) is 5.56 Å². The van der Waals surface area contributed by atoms with Gasteiger partial charge in [-0.1, -0.05) is 29.5 Å². The Hall–Kier alpha value is -4.90. The molecule has 1 unspecified atom stereocenters. The van der Waals surface area contributed by atoms with Gasteiger partial charge < -0.3 is 23.4 Å². The van der Waals surface area contributed by atoms with Gasteiger partial charge in [-0.05, 0) is 62.7 Å². The first-order chi connectivity index (χ1) is 20.8. The number of benzene rings is 2. The van der Waals surface area contributed by atoms with Gasteiger partial charge in [0.05, 0.1) is 54.8 Å². The molecule has 4 aromatic rings. The number of carbonyl (C=O) groups excluding carboxylic acids is 2. The first-order valence-electron chi connectivity index (χ1n) is 13.6. The minimum atomic E-state index is -0.803. The van der Waals surface area contributed by atoms with E-state index in [1.165, 1.54) is 23.0 Å². The fourth-order valence-electron chi connectivity index (χ4n) is 4.84. The number of methoxy groups -OCH3 is 2. The summed E-state index contributed by atoms with van der Waals surface area (Å²) in [4.78, 5) is 44.0. The van der Waals surface area contributed by atoms with Crippen LogP contribution in [0.5, 0.6) is 11.5 Å². The molecule has 3 heterocycles. The molecule has 11 heteroatoms. The van der Waals surface area contributed by atoms with E-state index in [2.05, 4.69) is 4.99 Å². The standard InChI is InChI=1S/C32H30N2O8S/c1-6-40-25-16-21(12-14-24(25)38-4)28-27(31(37)41-7-2)18(3)33-32-34(28)29(35)26(43-32)17-22-13-15-23(42-22)19-8-10-20(11-9-19)30(36)39-5/h8-17,28H,6-7H2,1-5H3/b26-17-. The number of thiazole rings is 1. The SMILES string of the molecule is CCOC(=O)C1=C(C)N=c2s/c(=C\c3ccc(-c4ccc(C(=O)OC)cc4)o3)c(=O)n2C1c1ccc(OC)c(OCC)c1. The summed E-state index contributed by atoms with van der Waals surface area (Å²) < 4.78 is 29.3. The van der Waals surface area contributed by atoms with Gasteiger partial charge in [0.15, 0.2) is 16.3 Å². The second kappa shape index (κ2) is 12.5. The van der Waals surface area contributed by atoms with Crippen LogP contribution in [-0.4, -0.2) is 43.9 Å². The molecule has 0 spiro atoms. The molecule has 0 aliphatic carbocycles. The zero-order valence-electron chi connectivity index (χ0n) is 24.3. The van der Waals surface area contributed by atoms with E-state index in [0.29, 0.717) is 55.8 Å². The number of ether oxygens (including phenoxy) is 4. The van der Waals surface area contributed by atoms with Crippen molar-refractivity contribution in [1.29, 1.82) is 0 Å². The molecule has 0 amide bonds. The van der Waals surface area contributed by atoms with E-state index >= 15 is 0 Å². The van der Waals surface area contributed by atoms with Crippen LogP contribution in [0.1, 0.15) is 48.5 Å². The molecule has 0 radical (unpaired) electrons. The molecule has 0 saturated carbocycles. The highest BCUT2D eigenvalue weighted by Gasteiger charge is 2.34. The van der Waals surface area contributed by atoms with Crippen LogP contribution < -0.4 is 24.4 Å². The fourth-order valence-corrected chi connectivity index (χ4v) is 5.87. The molecule has 1 aliphatic rings. The molecular formula is C32H30N2O8S. The number of nitrogens with zero attached hydrogens (tertiary/aromatic N) is 2. The summed E-state index contributed by atoms with van der Waals surface area (Å²) in [6, 6.07) is 14.9. The average Bonchev–Trinajstić information content (AvgIpc) is 3.60. The van der Waals surface area contributed by atoms with Crippen molar-refractivity contribution < 1.29 is 33.0 Å². The van der Waals surface area contributed by atoms with Crippen molar-refractivity contribution in [3.05, 3.63) is 102 Å². The molecule has 0 fully saturated rings. The summed E-state index contributed by atoms with van der Waals surface area (Å²) in [6.07, 6.45) is 1.65. The van der Waals surface area contributed by atoms with E-state index < -0.39 is 18.0 Å². The summed E-state index contributed by atoms with van der Waals surface area (Å²) in [5.41, 5.74) is 2.22. The molecule has 0 bridgehead atoms. The van der Waals surface area contributed by atoms with Gasteiger partial charge >= 0.3 is 11.9 Å². The third kappa shape index (κ3) is 5.76. The summed E-state index contributed by atoms with van der Waals surface area (Å²) in [7, 11) is 2.88. The minimum absolute atomic E-state index is 0.172. The number of rotatable bonds is 9. The highest BCUT2D eigenvalue weighted by Crippen LogP contribution is 2.36. The Balaban J connectivity index is 1.60. The number of hydrogen-bond acceptors (Lipinski definition) is 10. The molecule has 5 rings (SSSR count). The highest BCUT2D eigenvalue weighted by molar-refractivity contribution is 7.07. The Morgan fingerprint density at radius 3 is 2.44 bits per heavy atom. The predicted molar refractivity (Wildman–Crippen MR) is 160 cm³/mol. The molecule has 2 aromatic carbocycles. The number of fused-ring (bicyclic) bond motifs is 1. The van der Waals surface area contributed by atoms with Gasteiger partial charge in [-0.2, -0.15) is 0 Å². The molecule has 0 N–H and O–H groups in total. The van der Waals surface area contributed by atoms with Gasteiger partial charge in [0, 0.05) is 11.6 Å². The van der Waals surface area contributed by atoms with Crippen LogP contribution in [0.4, 0.5) is 0 Å². The summed E-state index contributed by atoms with van der Waals surface area (Å²) in [5, 5.41) is 0. The molecule has 1 atom stereocenters. The van der Waals surface area contributed by atoms with Gasteiger partial charge in [-0.3, -0.25) is 9.36 Å².